The van der Waals surface area contributed by atoms with Crippen molar-refractivity contribution in [1.29, 1.82) is 0 Å². The molecule has 0 radical (unpaired) electrons. The van der Waals surface area contributed by atoms with Gasteiger partial charge in [-0.05, 0) is 50.8 Å². The van der Waals surface area contributed by atoms with E-state index in [9.17, 15) is 4.79 Å². The third-order valence-corrected chi connectivity index (χ3v) is 3.73. The number of nitrogens with zero attached hydrogens (tertiary/aromatic N) is 1. The highest BCUT2D eigenvalue weighted by atomic mass is 16.1. The number of nitrogens with one attached hydrogen (secondary N) is 2. The van der Waals surface area contributed by atoms with E-state index < -0.39 is 0 Å². The van der Waals surface area contributed by atoms with Gasteiger partial charge >= 0.3 is 5.69 Å². The number of piperidine rings is 1. The fourth-order valence-corrected chi connectivity index (χ4v) is 2.93. The average Bonchev–Trinajstić information content (AvgIpc) is 2.77. The Balaban J connectivity index is 2.02. The van der Waals surface area contributed by atoms with Gasteiger partial charge in [-0.25, -0.2) is 4.79 Å². The summed E-state index contributed by atoms with van der Waals surface area (Å²) in [6.07, 6.45) is 5.50. The molecule has 4 heteroatoms. The number of aromatic nitrogens is 2. The summed E-state index contributed by atoms with van der Waals surface area (Å²) >= 11 is 0. The molecule has 2 aliphatic rings. The highest BCUT2D eigenvalue weighted by Gasteiger charge is 2.24. The van der Waals surface area contributed by atoms with Crippen LogP contribution >= 0.6 is 0 Å². The van der Waals surface area contributed by atoms with Gasteiger partial charge in [-0.2, -0.15) is 4.98 Å². The highest BCUT2D eigenvalue weighted by Crippen LogP contribution is 2.30. The van der Waals surface area contributed by atoms with Gasteiger partial charge in [0, 0.05) is 11.6 Å². The fourth-order valence-electron chi connectivity index (χ4n) is 2.93. The normalized spacial score (nSPS) is 21.0. The Bertz CT molecular complexity index is 446. The predicted molar refractivity (Wildman–Crippen MR) is 61.7 cm³/mol. The first-order valence-electron chi connectivity index (χ1n) is 6.17. The monoisotopic (exact) mass is 219 g/mol. The van der Waals surface area contributed by atoms with Crippen molar-refractivity contribution in [3.05, 3.63) is 27.4 Å². The first kappa shape index (κ1) is 10.0. The highest BCUT2D eigenvalue weighted by molar-refractivity contribution is 5.31. The van der Waals surface area contributed by atoms with E-state index in [2.05, 4.69) is 15.3 Å². The quantitative estimate of drug-likeness (QED) is 0.732. The van der Waals surface area contributed by atoms with Crippen LogP contribution in [0.5, 0.6) is 0 Å². The molecule has 3 rings (SSSR count). The number of hydrogen-bond donors (Lipinski definition) is 2. The molecule has 2 N–H and O–H groups in total. The van der Waals surface area contributed by atoms with Crippen molar-refractivity contribution >= 4 is 0 Å². The summed E-state index contributed by atoms with van der Waals surface area (Å²) in [5.41, 5.74) is 3.42. The van der Waals surface area contributed by atoms with Crippen molar-refractivity contribution in [3.8, 4) is 0 Å². The van der Waals surface area contributed by atoms with E-state index in [1.54, 1.807) is 0 Å². The van der Waals surface area contributed by atoms with Crippen LogP contribution in [0, 0.1) is 0 Å². The number of fused-ring (bicyclic) bond motifs is 1. The Morgan fingerprint density at radius 1 is 1.19 bits per heavy atom. The first-order valence-corrected chi connectivity index (χ1v) is 6.17. The van der Waals surface area contributed by atoms with Crippen LogP contribution in [0.3, 0.4) is 0 Å². The SMILES string of the molecule is O=c1nc(C2CCNCC2)c2c([nH]1)CCC2. The summed E-state index contributed by atoms with van der Waals surface area (Å²) in [6.45, 7) is 2.10. The maximum atomic E-state index is 11.5. The van der Waals surface area contributed by atoms with Gasteiger partial charge in [0.2, 0.25) is 0 Å². The maximum absolute atomic E-state index is 11.5. The molecule has 1 aromatic rings. The van der Waals surface area contributed by atoms with Crippen LogP contribution in [0.4, 0.5) is 0 Å². The molecular weight excluding hydrogens is 202 g/mol. The third-order valence-electron chi connectivity index (χ3n) is 3.73. The summed E-state index contributed by atoms with van der Waals surface area (Å²) in [5.74, 6) is 0.496. The molecule has 1 aliphatic carbocycles. The Kier molecular flexibility index (Phi) is 2.52. The zero-order chi connectivity index (χ0) is 11.0. The first-order chi connectivity index (χ1) is 7.84. The molecule has 1 fully saturated rings. The second-order valence-electron chi connectivity index (χ2n) is 4.76. The summed E-state index contributed by atoms with van der Waals surface area (Å²) in [7, 11) is 0. The lowest BCUT2D eigenvalue weighted by atomic mass is 9.91. The molecule has 4 nitrogen and oxygen atoms in total. The minimum absolute atomic E-state index is 0.158. The smallest absolute Gasteiger partial charge is 0.317 e. The van der Waals surface area contributed by atoms with Gasteiger partial charge in [-0.1, -0.05) is 0 Å². The van der Waals surface area contributed by atoms with Crippen molar-refractivity contribution in [2.24, 2.45) is 0 Å². The molecule has 0 amide bonds. The Morgan fingerprint density at radius 2 is 2.00 bits per heavy atom. The van der Waals surface area contributed by atoms with Crippen molar-refractivity contribution < 1.29 is 0 Å². The average molecular weight is 219 g/mol. The summed E-state index contributed by atoms with van der Waals surface area (Å²) in [6, 6.07) is 0. The summed E-state index contributed by atoms with van der Waals surface area (Å²) < 4.78 is 0. The minimum Gasteiger partial charge on any atom is -0.317 e. The number of rotatable bonds is 1. The van der Waals surface area contributed by atoms with Gasteiger partial charge < -0.3 is 10.3 Å². The zero-order valence-electron chi connectivity index (χ0n) is 9.38. The molecule has 0 bridgehead atoms. The van der Waals surface area contributed by atoms with Crippen molar-refractivity contribution in [2.75, 3.05) is 13.1 Å². The molecule has 0 aromatic carbocycles. The molecule has 1 aliphatic heterocycles. The van der Waals surface area contributed by atoms with Crippen LogP contribution in [-0.4, -0.2) is 23.1 Å². The van der Waals surface area contributed by atoms with Crippen LogP contribution < -0.4 is 11.0 Å². The topological polar surface area (TPSA) is 57.8 Å². The molecule has 0 saturated carbocycles. The van der Waals surface area contributed by atoms with E-state index in [0.29, 0.717) is 5.92 Å². The standard InChI is InChI=1S/C12H17N3O/c16-12-14-10-3-1-2-9(10)11(15-12)8-4-6-13-7-5-8/h8,13H,1-7H2,(H,14,15,16). The number of hydrogen-bond acceptors (Lipinski definition) is 3. The lowest BCUT2D eigenvalue weighted by Gasteiger charge is -2.23. The largest absolute Gasteiger partial charge is 0.345 e. The van der Waals surface area contributed by atoms with Crippen molar-refractivity contribution in [2.45, 2.75) is 38.0 Å². The van der Waals surface area contributed by atoms with Crippen LogP contribution in [0.2, 0.25) is 0 Å². The molecule has 0 atom stereocenters. The molecule has 86 valence electrons. The molecular formula is C12H17N3O. The lowest BCUT2D eigenvalue weighted by Crippen LogP contribution is -2.29. The van der Waals surface area contributed by atoms with Gasteiger partial charge in [0.15, 0.2) is 0 Å². The van der Waals surface area contributed by atoms with Crippen LogP contribution in [0.1, 0.15) is 42.1 Å². The maximum Gasteiger partial charge on any atom is 0.345 e. The summed E-state index contributed by atoms with van der Waals surface area (Å²) in [5, 5.41) is 3.35. The molecule has 1 saturated heterocycles. The molecule has 16 heavy (non-hydrogen) atoms. The van der Waals surface area contributed by atoms with Crippen molar-refractivity contribution in [3.63, 3.8) is 0 Å². The van der Waals surface area contributed by atoms with E-state index in [1.807, 2.05) is 0 Å². The Morgan fingerprint density at radius 3 is 2.81 bits per heavy atom. The van der Waals surface area contributed by atoms with Crippen LogP contribution in [0.15, 0.2) is 4.79 Å². The van der Waals surface area contributed by atoms with E-state index >= 15 is 0 Å². The molecule has 1 aromatic heterocycles. The predicted octanol–water partition coefficient (Wildman–Crippen LogP) is 0.726. The third kappa shape index (κ3) is 1.67. The van der Waals surface area contributed by atoms with Crippen molar-refractivity contribution in [1.82, 2.24) is 15.3 Å². The molecule has 0 unspecified atom stereocenters. The Labute approximate surface area is 94.5 Å². The van der Waals surface area contributed by atoms with Gasteiger partial charge in [0.05, 0.1) is 5.69 Å². The lowest BCUT2D eigenvalue weighted by molar-refractivity contribution is 0.449. The minimum atomic E-state index is -0.158. The summed E-state index contributed by atoms with van der Waals surface area (Å²) in [4.78, 5) is 18.6. The van der Waals surface area contributed by atoms with Crippen LogP contribution in [0.25, 0.3) is 0 Å². The number of aromatic amines is 1. The Hall–Kier alpha value is -1.16. The van der Waals surface area contributed by atoms with Gasteiger partial charge in [-0.15, -0.1) is 0 Å². The molecule has 2 heterocycles. The van der Waals surface area contributed by atoms with Gasteiger partial charge in [0.1, 0.15) is 0 Å². The zero-order valence-corrected chi connectivity index (χ0v) is 9.38. The van der Waals surface area contributed by atoms with Gasteiger partial charge in [-0.3, -0.25) is 0 Å². The van der Waals surface area contributed by atoms with Crippen LogP contribution in [-0.2, 0) is 12.8 Å². The number of H-pyrrole nitrogens is 1. The van der Waals surface area contributed by atoms with E-state index in [-0.39, 0.29) is 5.69 Å². The van der Waals surface area contributed by atoms with E-state index in [0.717, 1.165) is 56.6 Å². The molecule has 0 spiro atoms. The number of aryl methyl sites for hydroxylation is 1. The second kappa shape index (κ2) is 4.01. The van der Waals surface area contributed by atoms with Gasteiger partial charge in [0.25, 0.3) is 0 Å². The van der Waals surface area contributed by atoms with E-state index in [4.69, 9.17) is 0 Å². The second-order valence-corrected chi connectivity index (χ2v) is 4.76. The fraction of sp³-hybridized carbons (Fsp3) is 0.667. The van der Waals surface area contributed by atoms with E-state index in [1.165, 1.54) is 5.56 Å².